The number of hydrogen-bond donors (Lipinski definition) is 0. The Morgan fingerprint density at radius 1 is 1.05 bits per heavy atom. The third kappa shape index (κ3) is 3.41. The second-order valence-electron chi connectivity index (χ2n) is 6.63. The zero-order chi connectivity index (χ0) is 14.8. The highest BCUT2D eigenvalue weighted by Crippen LogP contribution is 2.29. The molecule has 0 radical (unpaired) electrons. The van der Waals surface area contributed by atoms with Crippen molar-refractivity contribution < 1.29 is 4.74 Å². The van der Waals surface area contributed by atoms with Crippen LogP contribution >= 0.6 is 0 Å². The summed E-state index contributed by atoms with van der Waals surface area (Å²) in [5.74, 6) is 0.724. The average Bonchev–Trinajstić information content (AvgIpc) is 2.95. The molecule has 0 amide bonds. The van der Waals surface area contributed by atoms with Crippen LogP contribution in [0.5, 0.6) is 0 Å². The summed E-state index contributed by atoms with van der Waals surface area (Å²) in [5, 5.41) is 0. The van der Waals surface area contributed by atoms with Crippen molar-refractivity contribution in [1.29, 1.82) is 0 Å². The Kier molecular flexibility index (Phi) is 4.51. The summed E-state index contributed by atoms with van der Waals surface area (Å²) in [6, 6.07) is 9.28. The minimum atomic E-state index is 0.321. The Morgan fingerprint density at radius 3 is 2.29 bits per heavy atom. The van der Waals surface area contributed by atoms with Gasteiger partial charge in [0, 0.05) is 25.3 Å². The van der Waals surface area contributed by atoms with Crippen molar-refractivity contribution in [2.75, 3.05) is 37.6 Å². The average molecular weight is 288 g/mol. The van der Waals surface area contributed by atoms with Crippen LogP contribution in [0.25, 0.3) is 0 Å². The van der Waals surface area contributed by atoms with Gasteiger partial charge < -0.3 is 14.5 Å². The lowest BCUT2D eigenvalue weighted by Crippen LogP contribution is -2.45. The lowest BCUT2D eigenvalue weighted by atomic mass is 9.98. The van der Waals surface area contributed by atoms with Gasteiger partial charge >= 0.3 is 0 Å². The van der Waals surface area contributed by atoms with Crippen LogP contribution in [0, 0.1) is 0 Å². The summed E-state index contributed by atoms with van der Waals surface area (Å²) in [6.07, 6.45) is 1.95. The molecule has 3 nitrogen and oxygen atoms in total. The van der Waals surface area contributed by atoms with Crippen LogP contribution in [-0.2, 0) is 4.74 Å². The van der Waals surface area contributed by atoms with Gasteiger partial charge in [0.2, 0.25) is 0 Å². The molecular formula is C18H28N2O. The Balaban J connectivity index is 1.67. The Morgan fingerprint density at radius 2 is 1.71 bits per heavy atom. The molecule has 0 spiro atoms. The first-order chi connectivity index (χ1) is 10.2. The largest absolute Gasteiger partial charge is 0.372 e. The molecule has 1 aromatic carbocycles. The number of hydrogen-bond acceptors (Lipinski definition) is 3. The van der Waals surface area contributed by atoms with Gasteiger partial charge in [-0.1, -0.05) is 19.1 Å². The van der Waals surface area contributed by atoms with E-state index in [0.29, 0.717) is 12.2 Å². The van der Waals surface area contributed by atoms with Gasteiger partial charge in [-0.3, -0.25) is 0 Å². The lowest BCUT2D eigenvalue weighted by Gasteiger charge is -2.37. The maximum atomic E-state index is 5.82. The van der Waals surface area contributed by atoms with Crippen molar-refractivity contribution in [1.82, 2.24) is 4.90 Å². The van der Waals surface area contributed by atoms with Crippen LogP contribution in [-0.4, -0.2) is 49.8 Å². The predicted octanol–water partition coefficient (Wildman–Crippen LogP) is 3.11. The molecule has 0 bridgehead atoms. The quantitative estimate of drug-likeness (QED) is 0.850. The van der Waals surface area contributed by atoms with E-state index in [2.05, 4.69) is 54.8 Å². The summed E-state index contributed by atoms with van der Waals surface area (Å²) >= 11 is 0. The fourth-order valence-electron chi connectivity index (χ4n) is 3.74. The van der Waals surface area contributed by atoms with Gasteiger partial charge in [-0.2, -0.15) is 0 Å². The van der Waals surface area contributed by atoms with Crippen molar-refractivity contribution in [3.8, 4) is 0 Å². The second kappa shape index (κ2) is 6.37. The van der Waals surface area contributed by atoms with Gasteiger partial charge in [-0.15, -0.1) is 0 Å². The minimum Gasteiger partial charge on any atom is -0.372 e. The Labute approximate surface area is 128 Å². The molecule has 0 aliphatic carbocycles. The molecule has 3 heteroatoms. The van der Waals surface area contributed by atoms with Crippen LogP contribution < -0.4 is 4.90 Å². The number of benzene rings is 1. The van der Waals surface area contributed by atoms with E-state index in [9.17, 15) is 0 Å². The van der Waals surface area contributed by atoms with E-state index in [4.69, 9.17) is 4.74 Å². The third-order valence-electron chi connectivity index (χ3n) is 4.87. The third-order valence-corrected chi connectivity index (χ3v) is 4.87. The smallest absolute Gasteiger partial charge is 0.0726 e. The molecule has 116 valence electrons. The summed E-state index contributed by atoms with van der Waals surface area (Å²) < 4.78 is 5.82. The van der Waals surface area contributed by atoms with Gasteiger partial charge in [0.25, 0.3) is 0 Å². The predicted molar refractivity (Wildman–Crippen MR) is 88.1 cm³/mol. The van der Waals surface area contributed by atoms with Crippen molar-refractivity contribution in [2.24, 2.45) is 0 Å². The standard InChI is InChI=1S/C18H28N2O/c1-4-19-10-9-17(13-19)16-5-7-18(8-6-16)20-11-14(2)21-15(3)12-20/h5-8,14-15,17H,4,9-13H2,1-3H3. The molecule has 2 aliphatic heterocycles. The van der Waals surface area contributed by atoms with Crippen molar-refractivity contribution in [2.45, 2.75) is 45.3 Å². The number of ether oxygens (including phenoxy) is 1. The molecule has 1 aromatic rings. The van der Waals surface area contributed by atoms with Crippen molar-refractivity contribution in [3.63, 3.8) is 0 Å². The summed E-state index contributed by atoms with van der Waals surface area (Å²) in [7, 11) is 0. The first-order valence-electron chi connectivity index (χ1n) is 8.38. The first kappa shape index (κ1) is 14.9. The Hall–Kier alpha value is -1.06. The van der Waals surface area contributed by atoms with Gasteiger partial charge in [0.1, 0.15) is 0 Å². The number of likely N-dealkylation sites (tertiary alicyclic amines) is 1. The summed E-state index contributed by atoms with van der Waals surface area (Å²) in [6.45, 7) is 12.2. The van der Waals surface area contributed by atoms with Gasteiger partial charge in [0.15, 0.2) is 0 Å². The van der Waals surface area contributed by atoms with E-state index in [1.54, 1.807) is 0 Å². The maximum absolute atomic E-state index is 5.82. The number of anilines is 1. The highest BCUT2D eigenvalue weighted by atomic mass is 16.5. The highest BCUT2D eigenvalue weighted by Gasteiger charge is 2.24. The fourth-order valence-corrected chi connectivity index (χ4v) is 3.74. The SMILES string of the molecule is CCN1CCC(c2ccc(N3CC(C)OC(C)C3)cc2)C1. The number of nitrogens with zero attached hydrogens (tertiary/aromatic N) is 2. The molecule has 21 heavy (non-hydrogen) atoms. The van der Waals surface area contributed by atoms with Crippen LogP contribution in [0.1, 0.15) is 38.7 Å². The van der Waals surface area contributed by atoms with Gasteiger partial charge in [-0.25, -0.2) is 0 Å². The number of rotatable bonds is 3. The molecule has 2 heterocycles. The van der Waals surface area contributed by atoms with Crippen LogP contribution in [0.3, 0.4) is 0 Å². The van der Waals surface area contributed by atoms with Gasteiger partial charge in [-0.05, 0) is 57.0 Å². The fraction of sp³-hybridized carbons (Fsp3) is 0.667. The number of morpholine rings is 1. The molecule has 3 rings (SSSR count). The highest BCUT2D eigenvalue weighted by molar-refractivity contribution is 5.49. The normalized spacial score (nSPS) is 30.8. The van der Waals surface area contributed by atoms with E-state index in [-0.39, 0.29) is 0 Å². The molecule has 0 aromatic heterocycles. The lowest BCUT2D eigenvalue weighted by molar-refractivity contribution is -0.00521. The monoisotopic (exact) mass is 288 g/mol. The summed E-state index contributed by atoms with van der Waals surface area (Å²) in [5.41, 5.74) is 2.84. The van der Waals surface area contributed by atoms with E-state index in [1.807, 2.05) is 0 Å². The molecule has 3 unspecified atom stereocenters. The van der Waals surface area contributed by atoms with Crippen molar-refractivity contribution >= 4 is 5.69 Å². The van der Waals surface area contributed by atoms with Gasteiger partial charge in [0.05, 0.1) is 12.2 Å². The molecule has 2 fully saturated rings. The summed E-state index contributed by atoms with van der Waals surface area (Å²) in [4.78, 5) is 5.00. The first-order valence-corrected chi connectivity index (χ1v) is 8.38. The molecule has 0 saturated carbocycles. The molecule has 2 saturated heterocycles. The minimum absolute atomic E-state index is 0.321. The molecule has 2 aliphatic rings. The molecule has 0 N–H and O–H groups in total. The number of likely N-dealkylation sites (N-methyl/N-ethyl adjacent to an activating group) is 1. The maximum Gasteiger partial charge on any atom is 0.0726 e. The molecular weight excluding hydrogens is 260 g/mol. The zero-order valence-electron chi connectivity index (χ0n) is 13.6. The van der Waals surface area contributed by atoms with Crippen molar-refractivity contribution in [3.05, 3.63) is 29.8 Å². The van der Waals surface area contributed by atoms with Crippen LogP contribution in [0.15, 0.2) is 24.3 Å². The topological polar surface area (TPSA) is 15.7 Å². The van der Waals surface area contributed by atoms with E-state index in [0.717, 1.165) is 19.0 Å². The van der Waals surface area contributed by atoms with Crippen LogP contribution in [0.4, 0.5) is 5.69 Å². The Bertz CT molecular complexity index is 449. The molecule has 3 atom stereocenters. The van der Waals surface area contributed by atoms with E-state index in [1.165, 1.54) is 37.3 Å². The zero-order valence-corrected chi connectivity index (χ0v) is 13.6. The van der Waals surface area contributed by atoms with E-state index >= 15 is 0 Å². The second-order valence-corrected chi connectivity index (χ2v) is 6.63. The van der Waals surface area contributed by atoms with Crippen LogP contribution in [0.2, 0.25) is 0 Å². The van der Waals surface area contributed by atoms with E-state index < -0.39 is 0 Å².